The van der Waals surface area contributed by atoms with Crippen molar-refractivity contribution in [1.82, 2.24) is 9.78 Å². The summed E-state index contributed by atoms with van der Waals surface area (Å²) in [5.74, 6) is 2.15. The standard InChI is InChI=1S/C26H27N3O3/c1-18(2)21-7-9-22(10-8-21)31-17-23-11-12-24(32-23)26(30)27-25-13-14-29(28-25)16-20-6-4-5-19(3)15-20/h4-15,18H,16-17H2,1-3H3,(H,27,28,30). The van der Waals surface area contributed by atoms with Gasteiger partial charge in [-0.15, -0.1) is 0 Å². The Morgan fingerprint density at radius 1 is 1.09 bits per heavy atom. The van der Waals surface area contributed by atoms with Gasteiger partial charge in [0.05, 0.1) is 6.54 Å². The number of hydrogen-bond acceptors (Lipinski definition) is 4. The predicted molar refractivity (Wildman–Crippen MR) is 124 cm³/mol. The van der Waals surface area contributed by atoms with E-state index in [-0.39, 0.29) is 18.3 Å². The number of furan rings is 1. The van der Waals surface area contributed by atoms with Gasteiger partial charge in [-0.2, -0.15) is 5.10 Å². The zero-order valence-corrected chi connectivity index (χ0v) is 18.5. The second-order valence-electron chi connectivity index (χ2n) is 8.12. The van der Waals surface area contributed by atoms with Crippen molar-refractivity contribution >= 4 is 11.7 Å². The van der Waals surface area contributed by atoms with Crippen molar-refractivity contribution in [2.45, 2.75) is 39.8 Å². The van der Waals surface area contributed by atoms with Gasteiger partial charge >= 0.3 is 0 Å². The molecule has 0 aliphatic carbocycles. The molecule has 4 aromatic rings. The number of carbonyl (C=O) groups excluding carboxylic acids is 1. The maximum Gasteiger partial charge on any atom is 0.292 e. The summed E-state index contributed by atoms with van der Waals surface area (Å²) in [6, 6.07) is 21.4. The zero-order valence-electron chi connectivity index (χ0n) is 18.5. The largest absolute Gasteiger partial charge is 0.486 e. The second kappa shape index (κ2) is 9.56. The fourth-order valence-electron chi connectivity index (χ4n) is 3.37. The number of benzene rings is 2. The summed E-state index contributed by atoms with van der Waals surface area (Å²) >= 11 is 0. The van der Waals surface area contributed by atoms with Crippen molar-refractivity contribution in [3.8, 4) is 5.75 Å². The predicted octanol–water partition coefficient (Wildman–Crippen LogP) is 5.79. The Bertz CT molecular complexity index is 1190. The minimum absolute atomic E-state index is 0.215. The Morgan fingerprint density at radius 2 is 1.91 bits per heavy atom. The van der Waals surface area contributed by atoms with Crippen molar-refractivity contribution in [3.05, 3.63) is 101 Å². The molecule has 0 aliphatic heterocycles. The normalized spacial score (nSPS) is 11.0. The monoisotopic (exact) mass is 429 g/mol. The smallest absolute Gasteiger partial charge is 0.292 e. The van der Waals surface area contributed by atoms with Crippen molar-refractivity contribution in [2.24, 2.45) is 0 Å². The van der Waals surface area contributed by atoms with Crippen LogP contribution in [0.3, 0.4) is 0 Å². The summed E-state index contributed by atoms with van der Waals surface area (Å²) in [5.41, 5.74) is 3.62. The molecule has 2 aromatic carbocycles. The Hall–Kier alpha value is -3.80. The first-order chi connectivity index (χ1) is 15.5. The molecular formula is C26H27N3O3. The highest BCUT2D eigenvalue weighted by Crippen LogP contribution is 2.20. The van der Waals surface area contributed by atoms with E-state index in [1.807, 2.05) is 24.4 Å². The Morgan fingerprint density at radius 3 is 2.66 bits per heavy atom. The fourth-order valence-corrected chi connectivity index (χ4v) is 3.37. The van der Waals surface area contributed by atoms with E-state index in [1.54, 1.807) is 22.9 Å². The lowest BCUT2D eigenvalue weighted by Gasteiger charge is -2.08. The molecule has 6 heteroatoms. The van der Waals surface area contributed by atoms with Crippen LogP contribution in [0.2, 0.25) is 0 Å². The lowest BCUT2D eigenvalue weighted by Crippen LogP contribution is -2.12. The van der Waals surface area contributed by atoms with Crippen LogP contribution in [0.25, 0.3) is 0 Å². The molecule has 6 nitrogen and oxygen atoms in total. The van der Waals surface area contributed by atoms with E-state index >= 15 is 0 Å². The van der Waals surface area contributed by atoms with Gasteiger partial charge in [0, 0.05) is 12.3 Å². The highest BCUT2D eigenvalue weighted by Gasteiger charge is 2.13. The highest BCUT2D eigenvalue weighted by atomic mass is 16.5. The van der Waals surface area contributed by atoms with E-state index in [0.717, 1.165) is 11.3 Å². The molecule has 1 amide bonds. The van der Waals surface area contributed by atoms with Crippen LogP contribution in [-0.2, 0) is 13.2 Å². The summed E-state index contributed by atoms with van der Waals surface area (Å²) < 4.78 is 13.2. The summed E-state index contributed by atoms with van der Waals surface area (Å²) in [5, 5.41) is 7.20. The molecule has 0 aliphatic rings. The van der Waals surface area contributed by atoms with Crippen LogP contribution in [0.15, 0.2) is 77.3 Å². The third kappa shape index (κ3) is 5.46. The molecular weight excluding hydrogens is 402 g/mol. The van der Waals surface area contributed by atoms with Crippen LogP contribution in [0, 0.1) is 6.92 Å². The second-order valence-corrected chi connectivity index (χ2v) is 8.12. The van der Waals surface area contributed by atoms with E-state index in [2.05, 4.69) is 61.5 Å². The summed E-state index contributed by atoms with van der Waals surface area (Å²) in [4.78, 5) is 12.5. The van der Waals surface area contributed by atoms with Crippen LogP contribution in [-0.4, -0.2) is 15.7 Å². The molecule has 2 heterocycles. The molecule has 0 unspecified atom stereocenters. The molecule has 32 heavy (non-hydrogen) atoms. The molecule has 4 rings (SSSR count). The maximum absolute atomic E-state index is 12.5. The van der Waals surface area contributed by atoms with Gasteiger partial charge in [0.25, 0.3) is 5.91 Å². The molecule has 0 atom stereocenters. The number of nitrogens with zero attached hydrogens (tertiary/aromatic N) is 2. The maximum atomic E-state index is 12.5. The van der Waals surface area contributed by atoms with Gasteiger partial charge in [0.15, 0.2) is 11.6 Å². The molecule has 2 aromatic heterocycles. The highest BCUT2D eigenvalue weighted by molar-refractivity contribution is 6.01. The van der Waals surface area contributed by atoms with Gasteiger partial charge in [-0.25, -0.2) is 0 Å². The molecule has 164 valence electrons. The van der Waals surface area contributed by atoms with Gasteiger partial charge in [0.2, 0.25) is 0 Å². The van der Waals surface area contributed by atoms with Crippen molar-refractivity contribution in [2.75, 3.05) is 5.32 Å². The number of ether oxygens (including phenoxy) is 1. The SMILES string of the molecule is Cc1cccc(Cn2ccc(NC(=O)c3ccc(COc4ccc(C(C)C)cc4)o3)n2)c1. The van der Waals surface area contributed by atoms with E-state index in [0.29, 0.717) is 24.0 Å². The Kier molecular flexibility index (Phi) is 6.40. The van der Waals surface area contributed by atoms with Crippen LogP contribution in [0.5, 0.6) is 5.75 Å². The van der Waals surface area contributed by atoms with E-state index in [1.165, 1.54) is 11.1 Å². The van der Waals surface area contributed by atoms with E-state index in [9.17, 15) is 4.79 Å². The minimum Gasteiger partial charge on any atom is -0.486 e. The van der Waals surface area contributed by atoms with Crippen LogP contribution >= 0.6 is 0 Å². The molecule has 0 spiro atoms. The average Bonchev–Trinajstić information content (AvgIpc) is 3.42. The number of aryl methyl sites for hydroxylation is 1. The van der Waals surface area contributed by atoms with Crippen molar-refractivity contribution in [3.63, 3.8) is 0 Å². The van der Waals surface area contributed by atoms with Crippen LogP contribution in [0.1, 0.15) is 52.8 Å². The van der Waals surface area contributed by atoms with Gasteiger partial charge < -0.3 is 14.5 Å². The molecule has 0 saturated heterocycles. The lowest BCUT2D eigenvalue weighted by atomic mass is 10.0. The minimum atomic E-state index is -0.349. The molecule has 0 radical (unpaired) electrons. The first kappa shape index (κ1) is 21.4. The topological polar surface area (TPSA) is 69.3 Å². The van der Waals surface area contributed by atoms with Crippen LogP contribution < -0.4 is 10.1 Å². The number of anilines is 1. The number of nitrogens with one attached hydrogen (secondary N) is 1. The average molecular weight is 430 g/mol. The molecule has 1 N–H and O–H groups in total. The quantitative estimate of drug-likeness (QED) is 0.385. The van der Waals surface area contributed by atoms with Crippen LogP contribution in [0.4, 0.5) is 5.82 Å². The number of hydrogen-bond donors (Lipinski definition) is 1. The summed E-state index contributed by atoms with van der Waals surface area (Å²) in [7, 11) is 0. The summed E-state index contributed by atoms with van der Waals surface area (Å²) in [6.07, 6.45) is 1.84. The first-order valence-electron chi connectivity index (χ1n) is 10.7. The number of rotatable bonds is 8. The fraction of sp³-hybridized carbons (Fsp3) is 0.231. The lowest BCUT2D eigenvalue weighted by molar-refractivity contribution is 0.0992. The van der Waals surface area contributed by atoms with E-state index in [4.69, 9.17) is 9.15 Å². The third-order valence-electron chi connectivity index (χ3n) is 5.12. The Balaban J connectivity index is 1.31. The van der Waals surface area contributed by atoms with Gasteiger partial charge in [-0.1, -0.05) is 55.8 Å². The van der Waals surface area contributed by atoms with Gasteiger partial charge in [-0.05, 0) is 48.2 Å². The van der Waals surface area contributed by atoms with E-state index < -0.39 is 0 Å². The number of amides is 1. The van der Waals surface area contributed by atoms with Crippen molar-refractivity contribution < 1.29 is 13.9 Å². The number of carbonyl (C=O) groups is 1. The Labute approximate surface area is 187 Å². The molecule has 0 saturated carbocycles. The van der Waals surface area contributed by atoms with Gasteiger partial charge in [-0.3, -0.25) is 9.48 Å². The van der Waals surface area contributed by atoms with Gasteiger partial charge in [0.1, 0.15) is 18.1 Å². The zero-order chi connectivity index (χ0) is 22.5. The first-order valence-corrected chi connectivity index (χ1v) is 10.7. The number of aromatic nitrogens is 2. The molecule has 0 fully saturated rings. The summed E-state index contributed by atoms with van der Waals surface area (Å²) in [6.45, 7) is 7.25. The van der Waals surface area contributed by atoms with Crippen molar-refractivity contribution in [1.29, 1.82) is 0 Å². The molecule has 0 bridgehead atoms. The third-order valence-corrected chi connectivity index (χ3v) is 5.12.